The highest BCUT2D eigenvalue weighted by molar-refractivity contribution is 14.1. The summed E-state index contributed by atoms with van der Waals surface area (Å²) in [6, 6.07) is 5.11. The third-order valence-corrected chi connectivity index (χ3v) is 25.6. The molecule has 5 saturated heterocycles. The number of thioether (sulfide) groups is 1. The highest BCUT2D eigenvalue weighted by atomic mass is 127. The van der Waals surface area contributed by atoms with Crippen LogP contribution in [-0.2, 0) is 81.1 Å². The van der Waals surface area contributed by atoms with Gasteiger partial charge in [-0.1, -0.05) is 63.1 Å². The summed E-state index contributed by atoms with van der Waals surface area (Å²) in [7, 11) is 9.21. The zero-order chi connectivity index (χ0) is 83.9. The number of allylic oxidation sites excluding steroid dienone is 3. The Morgan fingerprint density at radius 2 is 1.54 bits per heavy atom. The molecule has 2 aromatic carbocycles. The van der Waals surface area contributed by atoms with Crippen LogP contribution in [0.3, 0.4) is 0 Å². The molecule has 630 valence electrons. The first-order valence-electron chi connectivity index (χ1n) is 37.1. The maximum absolute atomic E-state index is 14.6. The number of carbonyl (C=O) groups excluding carboxylic acids is 8. The summed E-state index contributed by atoms with van der Waals surface area (Å²) in [5.41, 5.74) is 4.38. The maximum atomic E-state index is 14.6. The molecule has 7 aliphatic rings. The standard InChI is InChI=1S/C77H99IN6O28S3/c1-15-83(43(7)85)47-37-104-56(34-51(47)98-10)109-69-64(93)61(82-111-57-33-48(86)71(42(6)105-57)114-72(95)58-38(2)60(78)67(70(101-13)66(58)99-11)110-73-65(94)68(100-12)63(92)41(5)107-73)40(4)106-74(69)108-50-21-18-16-17-19-30-77(97)35-49(87)62(79-75(96)102-14)59(50)46(77)29-32-113-115-76(8,9)36-52(88)81-80-39(3)44-23-25-45(26-24-44)103-31-20-22-55(91)112-84-53(89)27-28-54(84)90/h16-17,23-26,29,40-42,47-48,50-51,56-57,61,63-65,68-69,71,73-74,82,86,92-94,97H,15,20,22,27-28,31-37H2,1-14H3,(H,79,96)(H,81,88)/b17-16+,46-29+,80-39+/t40-,41+,42-,47+,48+,50+,51+,56+,57+,61-,63+,64+,65-,68-,69-,71-,73+,74+,77+/m1/s1. The lowest BCUT2D eigenvalue weighted by Gasteiger charge is -2.47. The second-order valence-corrected chi connectivity index (χ2v) is 33.6. The summed E-state index contributed by atoms with van der Waals surface area (Å²) in [6.45, 7) is 15.6. The average molecular weight is 1780 g/mol. The van der Waals surface area contributed by atoms with E-state index < -0.39 is 167 Å². The molecule has 0 radical (unpaired) electrons. The summed E-state index contributed by atoms with van der Waals surface area (Å²) < 4.78 is 78.2. The van der Waals surface area contributed by atoms with Crippen molar-refractivity contribution in [2.75, 3.05) is 61.1 Å². The second-order valence-electron chi connectivity index (χ2n) is 28.3. The highest BCUT2D eigenvalue weighted by Crippen LogP contribution is 2.50. The number of aliphatic hydroxyl groups is 5. The Morgan fingerprint density at radius 1 is 0.843 bits per heavy atom. The minimum atomic E-state index is -2.25. The fraction of sp³-hybridized carbons (Fsp3) is 0.597. The lowest BCUT2D eigenvalue weighted by atomic mass is 9.75. The molecule has 2 aromatic rings. The molecule has 38 heteroatoms. The van der Waals surface area contributed by atoms with Crippen LogP contribution in [0.2, 0.25) is 0 Å². The summed E-state index contributed by atoms with van der Waals surface area (Å²) in [5, 5.41) is 65.1. The van der Waals surface area contributed by atoms with Crippen LogP contribution in [0.5, 0.6) is 23.0 Å². The van der Waals surface area contributed by atoms with E-state index in [0.717, 1.165) is 18.9 Å². The molecule has 19 atom stereocenters. The van der Waals surface area contributed by atoms with Gasteiger partial charge in [-0.25, -0.2) is 15.0 Å². The molecule has 0 unspecified atom stereocenters. The van der Waals surface area contributed by atoms with Gasteiger partial charge in [-0.3, -0.25) is 38.9 Å². The van der Waals surface area contributed by atoms with E-state index in [1.54, 1.807) is 69.9 Å². The predicted octanol–water partition coefficient (Wildman–Crippen LogP) is 4.65. The SMILES string of the molecule is CCN(C(C)=O)[C@H]1CO[C@@H](O[C@H]2[C@H](O[C@H]3C#C/C=C/C#C[C@]4(O)CC(=O)C(NC(=O)OC)=C3/C4=C\CSSC(C)(C)CC(=O)N/N=C(\C)c3ccc(OCCCC(=O)ON4C(=O)CCC4=O)cc3)O[C@H](C)[C@@H](NO[C@H]3C[C@H](O)[C@H](SC(=O)c4c(C)c(I)c(O[C@@H]5O[C@@H](C)[C@H](O)[C@@H](OC)[C@H]5O)c(OC)c4OC)[C@@H](C)O3)[C@@H]2O)C[C@@H]1OC. The Bertz CT molecular complexity index is 4120. The molecular weight excluding hydrogens is 1680 g/mol. The number of hydroxylamine groups is 3. The Hall–Kier alpha value is -7.01. The third-order valence-electron chi connectivity index (χ3n) is 19.8. The number of rotatable bonds is 32. The smallest absolute Gasteiger partial charge is 0.411 e. The number of methoxy groups -OCH3 is 5. The van der Waals surface area contributed by atoms with Crippen LogP contribution in [0.15, 0.2) is 64.4 Å². The zero-order valence-electron chi connectivity index (χ0n) is 66.0. The van der Waals surface area contributed by atoms with Crippen LogP contribution in [0.25, 0.3) is 0 Å². The van der Waals surface area contributed by atoms with Crippen LogP contribution >= 0.6 is 55.9 Å². The maximum Gasteiger partial charge on any atom is 0.411 e. The number of nitrogens with zero attached hydrogens (tertiary/aromatic N) is 3. The normalized spacial score (nSPS) is 30.3. The van der Waals surface area contributed by atoms with E-state index in [4.69, 9.17) is 71.3 Å². The number of nitrogens with one attached hydrogen (secondary N) is 3. The van der Waals surface area contributed by atoms with Crippen LogP contribution in [-0.4, -0.2) is 269 Å². The van der Waals surface area contributed by atoms with Crippen molar-refractivity contribution in [1.29, 1.82) is 0 Å². The largest absolute Gasteiger partial charge is 0.494 e. The monoisotopic (exact) mass is 1780 g/mol. The summed E-state index contributed by atoms with van der Waals surface area (Å²) in [5.74, 6) is 8.83. The number of carbonyl (C=O) groups is 8. The van der Waals surface area contributed by atoms with Crippen molar-refractivity contribution < 1.29 is 135 Å². The summed E-state index contributed by atoms with van der Waals surface area (Å²) in [4.78, 5) is 117. The first kappa shape index (κ1) is 91.9. The summed E-state index contributed by atoms with van der Waals surface area (Å²) >= 11 is 2.77. The van der Waals surface area contributed by atoms with Gasteiger partial charge in [-0.05, 0) is 132 Å². The first-order valence-corrected chi connectivity index (χ1v) is 41.3. The van der Waals surface area contributed by atoms with E-state index in [1.165, 1.54) is 69.1 Å². The predicted molar refractivity (Wildman–Crippen MR) is 423 cm³/mol. The van der Waals surface area contributed by atoms with E-state index in [9.17, 15) is 63.9 Å². The molecule has 5 aliphatic heterocycles. The number of amides is 5. The van der Waals surface area contributed by atoms with Crippen molar-refractivity contribution in [1.82, 2.24) is 26.2 Å². The van der Waals surface area contributed by atoms with Crippen LogP contribution in [0.1, 0.15) is 128 Å². The van der Waals surface area contributed by atoms with Gasteiger partial charge in [0.2, 0.25) is 29.0 Å². The Balaban J connectivity index is 0.901. The minimum absolute atomic E-state index is 0.00105. The van der Waals surface area contributed by atoms with Gasteiger partial charge in [-0.15, -0.1) is 5.06 Å². The number of halogens is 1. The highest BCUT2D eigenvalue weighted by Gasteiger charge is 2.53. The van der Waals surface area contributed by atoms with Gasteiger partial charge in [0, 0.05) is 81.4 Å². The number of aliphatic hydroxyl groups excluding tert-OH is 4. The van der Waals surface area contributed by atoms with Crippen molar-refractivity contribution in [3.05, 3.63) is 79.6 Å². The van der Waals surface area contributed by atoms with Crippen LogP contribution in [0, 0.1) is 34.2 Å². The number of ether oxygens (including phenoxy) is 13. The number of imide groups is 1. The molecule has 0 aromatic heterocycles. The van der Waals surface area contributed by atoms with Crippen molar-refractivity contribution >= 4 is 108 Å². The van der Waals surface area contributed by atoms with Gasteiger partial charge >= 0.3 is 12.1 Å². The average Bonchev–Trinajstić information content (AvgIpc) is 0.827. The second kappa shape index (κ2) is 41.6. The van der Waals surface area contributed by atoms with Gasteiger partial charge in [0.25, 0.3) is 11.8 Å². The Morgan fingerprint density at radius 3 is 2.19 bits per heavy atom. The van der Waals surface area contributed by atoms with E-state index in [0.29, 0.717) is 37.8 Å². The molecule has 5 amide bonds. The number of alkyl carbamates (subject to hydrolysis) is 1. The van der Waals surface area contributed by atoms with Crippen molar-refractivity contribution in [2.24, 2.45) is 5.10 Å². The molecule has 115 heavy (non-hydrogen) atoms. The van der Waals surface area contributed by atoms with Crippen molar-refractivity contribution in [3.63, 3.8) is 0 Å². The van der Waals surface area contributed by atoms with E-state index in [-0.39, 0.29) is 109 Å². The van der Waals surface area contributed by atoms with E-state index in [1.807, 2.05) is 43.4 Å². The van der Waals surface area contributed by atoms with Gasteiger partial charge in [0.15, 0.2) is 41.8 Å². The molecule has 9 rings (SSSR count). The molecule has 2 aliphatic carbocycles. The Kier molecular flexibility index (Phi) is 33.2. The number of likely N-dealkylation sites (N-methyl/N-ethyl adjacent to an activating group) is 1. The number of hydrogen-bond donors (Lipinski definition) is 8. The Labute approximate surface area is 691 Å². The lowest BCUT2D eigenvalue weighted by molar-refractivity contribution is -0.337. The fourth-order valence-corrected chi connectivity index (χ4v) is 17.9. The molecule has 0 saturated carbocycles. The number of benzene rings is 2. The van der Waals surface area contributed by atoms with E-state index in [2.05, 4.69) is 45.0 Å². The van der Waals surface area contributed by atoms with Crippen molar-refractivity contribution in [3.8, 4) is 46.7 Å². The lowest BCUT2D eigenvalue weighted by Crippen LogP contribution is -2.65. The van der Waals surface area contributed by atoms with E-state index >= 15 is 0 Å². The number of hydrazone groups is 1. The third kappa shape index (κ3) is 22.7. The number of Topliss-reactive ketones (excluding diaryl/α,β-unsaturated/α-hetero) is 1. The topological polar surface area (TPSA) is 431 Å². The van der Waals surface area contributed by atoms with Gasteiger partial charge < -0.3 is 96.8 Å². The number of hydrogen-bond acceptors (Lipinski definition) is 33. The molecule has 5 heterocycles. The first-order chi connectivity index (χ1) is 54.7. The molecule has 5 fully saturated rings. The molecule has 2 bridgehead atoms. The number of fused-ring (bicyclic) bond motifs is 2. The zero-order valence-corrected chi connectivity index (χ0v) is 70.6. The number of ketones is 1. The molecular formula is C77H99IN6O28S3. The quantitative estimate of drug-likeness (QED) is 0.00939. The molecule has 34 nitrogen and oxygen atoms in total. The van der Waals surface area contributed by atoms with Gasteiger partial charge in [0.05, 0.1) is 116 Å². The molecule has 8 N–H and O–H groups in total. The van der Waals surface area contributed by atoms with Gasteiger partial charge in [0.1, 0.15) is 42.4 Å². The van der Waals surface area contributed by atoms with Crippen LogP contribution in [0.4, 0.5) is 4.79 Å². The summed E-state index contributed by atoms with van der Waals surface area (Å²) in [6.07, 6.45) is -16.0. The van der Waals surface area contributed by atoms with Crippen molar-refractivity contribution in [2.45, 2.75) is 234 Å². The van der Waals surface area contributed by atoms with Gasteiger partial charge in [-0.2, -0.15) is 10.6 Å². The minimum Gasteiger partial charge on any atom is -0.494 e. The van der Waals surface area contributed by atoms with Crippen LogP contribution < -0.4 is 35.2 Å². The molecule has 0 spiro atoms. The fourth-order valence-electron chi connectivity index (χ4n) is 13.8.